The third-order valence-electron chi connectivity index (χ3n) is 2.67. The minimum atomic E-state index is -0.259. The largest absolute Gasteiger partial charge is 0.345 e. The van der Waals surface area contributed by atoms with Crippen molar-refractivity contribution < 1.29 is 14.6 Å². The van der Waals surface area contributed by atoms with Gasteiger partial charge in [-0.25, -0.2) is 4.79 Å². The molecule has 0 N–H and O–H groups in total. The molecule has 0 amide bonds. The Morgan fingerprint density at radius 1 is 1.24 bits per heavy atom. The van der Waals surface area contributed by atoms with Crippen molar-refractivity contribution in [2.45, 2.75) is 39.7 Å². The van der Waals surface area contributed by atoms with Gasteiger partial charge in [0.1, 0.15) is 6.61 Å². The smallest absolute Gasteiger partial charge is 0.298 e. The Kier molecular flexibility index (Phi) is 6.33. The molecule has 1 aromatic carbocycles. The molecular formula is C14H20O3. The van der Waals surface area contributed by atoms with Gasteiger partial charge in [0.05, 0.1) is 5.92 Å². The Morgan fingerprint density at radius 2 is 1.94 bits per heavy atom. The van der Waals surface area contributed by atoms with Crippen molar-refractivity contribution in [2.24, 2.45) is 5.92 Å². The van der Waals surface area contributed by atoms with Gasteiger partial charge in [0, 0.05) is 0 Å². The molecule has 0 fully saturated rings. The monoisotopic (exact) mass is 236 g/mol. The highest BCUT2D eigenvalue weighted by Crippen LogP contribution is 2.13. The first-order chi connectivity index (χ1) is 8.27. The molecule has 1 unspecified atom stereocenters. The van der Waals surface area contributed by atoms with Crippen LogP contribution >= 0.6 is 0 Å². The van der Waals surface area contributed by atoms with E-state index in [1.54, 1.807) is 0 Å². The van der Waals surface area contributed by atoms with Gasteiger partial charge in [0.2, 0.25) is 0 Å². The molecule has 94 valence electrons. The molecule has 0 aliphatic rings. The summed E-state index contributed by atoms with van der Waals surface area (Å²) in [4.78, 5) is 21.4. The standard InChI is InChI=1S/C14H20O3/c1-3-8-13(4-2)14(15)17-16-11-12-9-6-5-7-10-12/h5-7,9-10,13H,3-4,8,11H2,1-2H3. The topological polar surface area (TPSA) is 35.5 Å². The Hall–Kier alpha value is -1.35. The third-order valence-corrected chi connectivity index (χ3v) is 2.67. The third kappa shape index (κ3) is 5.00. The summed E-state index contributed by atoms with van der Waals surface area (Å²) in [5.74, 6) is -0.305. The summed E-state index contributed by atoms with van der Waals surface area (Å²) in [5, 5.41) is 0. The van der Waals surface area contributed by atoms with Crippen molar-refractivity contribution in [1.82, 2.24) is 0 Å². The van der Waals surface area contributed by atoms with Gasteiger partial charge in [-0.2, -0.15) is 4.89 Å². The predicted molar refractivity (Wildman–Crippen MR) is 66.0 cm³/mol. The van der Waals surface area contributed by atoms with Gasteiger partial charge in [-0.05, 0) is 18.4 Å². The first kappa shape index (κ1) is 13.7. The normalized spacial score (nSPS) is 12.1. The SMILES string of the molecule is CCCC(CC)C(=O)OOCc1ccccc1. The molecule has 3 heteroatoms. The van der Waals surface area contributed by atoms with Crippen LogP contribution in [0, 0.1) is 5.92 Å². The summed E-state index contributed by atoms with van der Waals surface area (Å²) in [6, 6.07) is 9.64. The van der Waals surface area contributed by atoms with Gasteiger partial charge in [-0.1, -0.05) is 50.6 Å². The second-order valence-corrected chi connectivity index (χ2v) is 4.04. The van der Waals surface area contributed by atoms with Crippen LogP contribution in [0.15, 0.2) is 30.3 Å². The molecule has 17 heavy (non-hydrogen) atoms. The lowest BCUT2D eigenvalue weighted by Crippen LogP contribution is -2.17. The highest BCUT2D eigenvalue weighted by molar-refractivity contribution is 5.71. The minimum absolute atomic E-state index is 0.0456. The van der Waals surface area contributed by atoms with E-state index in [-0.39, 0.29) is 11.9 Å². The van der Waals surface area contributed by atoms with Gasteiger partial charge in [0.15, 0.2) is 0 Å². The summed E-state index contributed by atoms with van der Waals surface area (Å²) in [5.41, 5.74) is 0.990. The first-order valence-electron chi connectivity index (χ1n) is 6.15. The highest BCUT2D eigenvalue weighted by Gasteiger charge is 2.17. The number of hydrogen-bond acceptors (Lipinski definition) is 3. The maximum absolute atomic E-state index is 11.6. The van der Waals surface area contributed by atoms with Crippen molar-refractivity contribution in [1.29, 1.82) is 0 Å². The van der Waals surface area contributed by atoms with E-state index in [0.29, 0.717) is 6.61 Å². The van der Waals surface area contributed by atoms with Gasteiger partial charge in [-0.15, -0.1) is 0 Å². The van der Waals surface area contributed by atoms with Crippen LogP contribution in [0.4, 0.5) is 0 Å². The van der Waals surface area contributed by atoms with Gasteiger partial charge in [0.25, 0.3) is 0 Å². The number of rotatable bonds is 7. The van der Waals surface area contributed by atoms with Crippen LogP contribution in [0.3, 0.4) is 0 Å². The van der Waals surface area contributed by atoms with E-state index in [2.05, 4.69) is 6.92 Å². The molecule has 0 aliphatic carbocycles. The fourth-order valence-electron chi connectivity index (χ4n) is 1.63. The van der Waals surface area contributed by atoms with Crippen molar-refractivity contribution in [2.75, 3.05) is 0 Å². The highest BCUT2D eigenvalue weighted by atomic mass is 17.2. The maximum Gasteiger partial charge on any atom is 0.345 e. The quantitative estimate of drug-likeness (QED) is 0.537. The molecule has 1 aromatic rings. The van der Waals surface area contributed by atoms with E-state index in [4.69, 9.17) is 9.78 Å². The molecule has 0 aromatic heterocycles. The molecule has 0 radical (unpaired) electrons. The molecule has 0 saturated heterocycles. The second kappa shape index (κ2) is 7.85. The van der Waals surface area contributed by atoms with Crippen molar-refractivity contribution in [3.05, 3.63) is 35.9 Å². The summed E-state index contributed by atoms with van der Waals surface area (Å²) >= 11 is 0. The molecule has 0 spiro atoms. The summed E-state index contributed by atoms with van der Waals surface area (Å²) in [6.07, 6.45) is 2.62. The van der Waals surface area contributed by atoms with Crippen LogP contribution in [0.2, 0.25) is 0 Å². The van der Waals surface area contributed by atoms with Crippen LogP contribution in [-0.2, 0) is 21.2 Å². The molecule has 0 bridgehead atoms. The Morgan fingerprint density at radius 3 is 2.53 bits per heavy atom. The van der Waals surface area contributed by atoms with Crippen LogP contribution in [0.5, 0.6) is 0 Å². The van der Waals surface area contributed by atoms with E-state index in [0.717, 1.165) is 24.8 Å². The van der Waals surface area contributed by atoms with Crippen LogP contribution in [-0.4, -0.2) is 5.97 Å². The van der Waals surface area contributed by atoms with Crippen molar-refractivity contribution in [3.63, 3.8) is 0 Å². The van der Waals surface area contributed by atoms with E-state index in [9.17, 15) is 4.79 Å². The number of carbonyl (C=O) groups is 1. The average molecular weight is 236 g/mol. The number of carbonyl (C=O) groups excluding carboxylic acids is 1. The Balaban J connectivity index is 2.28. The Bertz CT molecular complexity index is 321. The second-order valence-electron chi connectivity index (χ2n) is 4.04. The molecule has 1 atom stereocenters. The lowest BCUT2D eigenvalue weighted by molar-refractivity contribution is -0.283. The Labute approximate surface area is 103 Å². The molecule has 0 saturated carbocycles. The van der Waals surface area contributed by atoms with Gasteiger partial charge < -0.3 is 0 Å². The lowest BCUT2D eigenvalue weighted by atomic mass is 10.0. The zero-order chi connectivity index (χ0) is 12.5. The summed E-state index contributed by atoms with van der Waals surface area (Å²) in [6.45, 7) is 4.34. The zero-order valence-corrected chi connectivity index (χ0v) is 10.5. The molecule has 3 nitrogen and oxygen atoms in total. The molecular weight excluding hydrogens is 216 g/mol. The fourth-order valence-corrected chi connectivity index (χ4v) is 1.63. The van der Waals surface area contributed by atoms with E-state index < -0.39 is 0 Å². The minimum Gasteiger partial charge on any atom is -0.298 e. The van der Waals surface area contributed by atoms with Gasteiger partial charge in [-0.3, -0.25) is 4.89 Å². The number of hydrogen-bond donors (Lipinski definition) is 0. The maximum atomic E-state index is 11.6. The predicted octanol–water partition coefficient (Wildman–Crippen LogP) is 3.49. The zero-order valence-electron chi connectivity index (χ0n) is 10.5. The van der Waals surface area contributed by atoms with E-state index in [1.165, 1.54) is 0 Å². The fraction of sp³-hybridized carbons (Fsp3) is 0.500. The first-order valence-corrected chi connectivity index (χ1v) is 6.15. The van der Waals surface area contributed by atoms with Crippen molar-refractivity contribution >= 4 is 5.97 Å². The van der Waals surface area contributed by atoms with Crippen LogP contribution in [0.25, 0.3) is 0 Å². The molecule has 0 aliphatic heterocycles. The number of benzene rings is 1. The van der Waals surface area contributed by atoms with Crippen LogP contribution < -0.4 is 0 Å². The van der Waals surface area contributed by atoms with Crippen molar-refractivity contribution in [3.8, 4) is 0 Å². The van der Waals surface area contributed by atoms with Gasteiger partial charge >= 0.3 is 5.97 Å². The molecule has 0 heterocycles. The average Bonchev–Trinajstić information content (AvgIpc) is 2.37. The van der Waals surface area contributed by atoms with Crippen LogP contribution in [0.1, 0.15) is 38.7 Å². The molecule has 1 rings (SSSR count). The summed E-state index contributed by atoms with van der Waals surface area (Å²) in [7, 11) is 0. The summed E-state index contributed by atoms with van der Waals surface area (Å²) < 4.78 is 0. The van der Waals surface area contributed by atoms with E-state index >= 15 is 0 Å². The van der Waals surface area contributed by atoms with E-state index in [1.807, 2.05) is 37.3 Å². The lowest BCUT2D eigenvalue weighted by Gasteiger charge is -2.11.